The molecule has 0 bridgehead atoms. The molecule has 0 aromatic heterocycles. The SMILES string of the molecule is N#CC1(CCF)CCc2ccccc21. The average Bonchev–Trinajstić information content (AvgIpc) is 2.59. The summed E-state index contributed by atoms with van der Waals surface area (Å²) in [5.41, 5.74) is 1.70. The van der Waals surface area contributed by atoms with E-state index in [4.69, 9.17) is 0 Å². The molecule has 0 heterocycles. The summed E-state index contributed by atoms with van der Waals surface area (Å²) in [6, 6.07) is 10.2. The molecule has 1 nitrogen and oxygen atoms in total. The molecule has 0 saturated carbocycles. The van der Waals surface area contributed by atoms with E-state index in [1.54, 1.807) is 0 Å². The number of alkyl halides is 1. The van der Waals surface area contributed by atoms with Crippen LogP contribution in [0.3, 0.4) is 0 Å². The molecule has 14 heavy (non-hydrogen) atoms. The predicted molar refractivity (Wildman–Crippen MR) is 52.6 cm³/mol. The van der Waals surface area contributed by atoms with Crippen LogP contribution < -0.4 is 0 Å². The lowest BCUT2D eigenvalue weighted by molar-refractivity contribution is 0.390. The van der Waals surface area contributed by atoms with E-state index < -0.39 is 12.1 Å². The van der Waals surface area contributed by atoms with E-state index in [0.29, 0.717) is 6.42 Å². The van der Waals surface area contributed by atoms with Gasteiger partial charge in [-0.25, -0.2) is 0 Å². The summed E-state index contributed by atoms with van der Waals surface area (Å²) in [5, 5.41) is 9.18. The number of nitriles is 1. The van der Waals surface area contributed by atoms with Crippen LogP contribution in [0.2, 0.25) is 0 Å². The molecule has 0 saturated heterocycles. The van der Waals surface area contributed by atoms with Crippen LogP contribution in [-0.2, 0) is 11.8 Å². The zero-order valence-electron chi connectivity index (χ0n) is 7.96. The molecule has 1 aromatic carbocycles. The maximum atomic E-state index is 12.4. The molecule has 0 fully saturated rings. The van der Waals surface area contributed by atoms with Gasteiger partial charge in [0, 0.05) is 0 Å². The number of fused-ring (bicyclic) bond motifs is 1. The Morgan fingerprint density at radius 3 is 2.93 bits per heavy atom. The third-order valence-electron chi connectivity index (χ3n) is 3.09. The Kier molecular flexibility index (Phi) is 2.25. The highest BCUT2D eigenvalue weighted by Gasteiger charge is 2.38. The topological polar surface area (TPSA) is 23.8 Å². The first-order valence-corrected chi connectivity index (χ1v) is 4.88. The van der Waals surface area contributed by atoms with Gasteiger partial charge in [0.15, 0.2) is 0 Å². The number of halogens is 1. The molecule has 0 amide bonds. The molecule has 0 aliphatic heterocycles. The van der Waals surface area contributed by atoms with Gasteiger partial charge in [-0.2, -0.15) is 5.26 Å². The van der Waals surface area contributed by atoms with Crippen LogP contribution in [0, 0.1) is 11.3 Å². The van der Waals surface area contributed by atoms with E-state index in [2.05, 4.69) is 6.07 Å². The Morgan fingerprint density at radius 2 is 2.21 bits per heavy atom. The normalized spacial score (nSPS) is 24.3. The fourth-order valence-electron chi connectivity index (χ4n) is 2.28. The predicted octanol–water partition coefficient (Wildman–Crippen LogP) is 2.75. The van der Waals surface area contributed by atoms with Crippen molar-refractivity contribution in [3.8, 4) is 6.07 Å². The fourth-order valence-corrected chi connectivity index (χ4v) is 2.28. The van der Waals surface area contributed by atoms with Crippen LogP contribution >= 0.6 is 0 Å². The van der Waals surface area contributed by atoms with Gasteiger partial charge in [0.05, 0.1) is 18.2 Å². The molecule has 0 spiro atoms. The highest BCUT2D eigenvalue weighted by Crippen LogP contribution is 2.40. The zero-order valence-corrected chi connectivity index (χ0v) is 7.96. The number of benzene rings is 1. The Balaban J connectivity index is 2.46. The summed E-state index contributed by atoms with van der Waals surface area (Å²) >= 11 is 0. The van der Waals surface area contributed by atoms with Crippen LogP contribution in [-0.4, -0.2) is 6.67 Å². The monoisotopic (exact) mass is 189 g/mol. The molecule has 1 aromatic rings. The lowest BCUT2D eigenvalue weighted by Gasteiger charge is -2.20. The van der Waals surface area contributed by atoms with E-state index in [1.807, 2.05) is 24.3 Å². The van der Waals surface area contributed by atoms with Gasteiger partial charge in [-0.3, -0.25) is 4.39 Å². The largest absolute Gasteiger partial charge is 0.251 e. The van der Waals surface area contributed by atoms with E-state index in [0.717, 1.165) is 18.4 Å². The number of rotatable bonds is 2. The Hall–Kier alpha value is -1.36. The first-order valence-electron chi connectivity index (χ1n) is 4.88. The molecular weight excluding hydrogens is 177 g/mol. The maximum Gasteiger partial charge on any atom is 0.0913 e. The minimum Gasteiger partial charge on any atom is -0.251 e. The van der Waals surface area contributed by atoms with Crippen molar-refractivity contribution in [1.29, 1.82) is 5.26 Å². The number of hydrogen-bond donors (Lipinski definition) is 0. The summed E-state index contributed by atoms with van der Waals surface area (Å²) in [5.74, 6) is 0. The lowest BCUT2D eigenvalue weighted by Crippen LogP contribution is -2.21. The van der Waals surface area contributed by atoms with Gasteiger partial charge in [-0.05, 0) is 30.4 Å². The minimum atomic E-state index is -0.550. The summed E-state index contributed by atoms with van der Waals surface area (Å²) < 4.78 is 12.4. The molecule has 2 rings (SSSR count). The smallest absolute Gasteiger partial charge is 0.0913 e. The van der Waals surface area contributed by atoms with Crippen LogP contribution in [0.5, 0.6) is 0 Å². The number of hydrogen-bond acceptors (Lipinski definition) is 1. The van der Waals surface area contributed by atoms with E-state index in [1.165, 1.54) is 5.56 Å². The molecule has 2 heteroatoms. The lowest BCUT2D eigenvalue weighted by atomic mass is 9.81. The van der Waals surface area contributed by atoms with Crippen molar-refractivity contribution in [2.45, 2.75) is 24.7 Å². The first kappa shape index (κ1) is 9.21. The highest BCUT2D eigenvalue weighted by molar-refractivity contribution is 5.43. The second-order valence-corrected chi connectivity index (χ2v) is 3.79. The Bertz CT molecular complexity index is 376. The van der Waals surface area contributed by atoms with Crippen LogP contribution in [0.4, 0.5) is 4.39 Å². The zero-order chi connectivity index (χ0) is 10.0. The van der Waals surface area contributed by atoms with E-state index >= 15 is 0 Å². The Labute approximate surface area is 83.2 Å². The minimum absolute atomic E-state index is 0.334. The van der Waals surface area contributed by atoms with Gasteiger partial charge in [0.1, 0.15) is 0 Å². The molecule has 72 valence electrons. The molecule has 1 aliphatic carbocycles. The maximum absolute atomic E-state index is 12.4. The number of nitrogens with zero attached hydrogens (tertiary/aromatic N) is 1. The van der Waals surface area contributed by atoms with Gasteiger partial charge in [0.25, 0.3) is 0 Å². The van der Waals surface area contributed by atoms with E-state index in [-0.39, 0.29) is 0 Å². The quantitative estimate of drug-likeness (QED) is 0.701. The standard InChI is InChI=1S/C12H12FN/c13-8-7-12(9-14)6-5-10-3-1-2-4-11(10)12/h1-4H,5-8H2. The summed E-state index contributed by atoms with van der Waals surface area (Å²) in [6.45, 7) is -0.415. The molecular formula is C12H12FN. The molecule has 1 unspecified atom stereocenters. The van der Waals surface area contributed by atoms with E-state index in [9.17, 15) is 9.65 Å². The summed E-state index contributed by atoms with van der Waals surface area (Å²) in [6.07, 6.45) is 2.01. The van der Waals surface area contributed by atoms with Crippen molar-refractivity contribution < 1.29 is 4.39 Å². The Morgan fingerprint density at radius 1 is 1.43 bits per heavy atom. The van der Waals surface area contributed by atoms with Gasteiger partial charge in [0.2, 0.25) is 0 Å². The first-order chi connectivity index (χ1) is 6.82. The van der Waals surface area contributed by atoms with Gasteiger partial charge >= 0.3 is 0 Å². The second kappa shape index (κ2) is 3.42. The van der Waals surface area contributed by atoms with Crippen LogP contribution in [0.1, 0.15) is 24.0 Å². The van der Waals surface area contributed by atoms with Crippen molar-refractivity contribution in [1.82, 2.24) is 0 Å². The highest BCUT2D eigenvalue weighted by atomic mass is 19.1. The van der Waals surface area contributed by atoms with Crippen LogP contribution in [0.25, 0.3) is 0 Å². The van der Waals surface area contributed by atoms with Gasteiger partial charge in [-0.15, -0.1) is 0 Å². The van der Waals surface area contributed by atoms with Gasteiger partial charge < -0.3 is 0 Å². The van der Waals surface area contributed by atoms with Crippen LogP contribution in [0.15, 0.2) is 24.3 Å². The third-order valence-corrected chi connectivity index (χ3v) is 3.09. The average molecular weight is 189 g/mol. The van der Waals surface area contributed by atoms with Crippen molar-refractivity contribution in [3.05, 3.63) is 35.4 Å². The summed E-state index contributed by atoms with van der Waals surface area (Å²) in [7, 11) is 0. The molecule has 0 radical (unpaired) electrons. The molecule has 1 atom stereocenters. The third kappa shape index (κ3) is 1.21. The second-order valence-electron chi connectivity index (χ2n) is 3.79. The number of aryl methyl sites for hydroxylation is 1. The van der Waals surface area contributed by atoms with Crippen molar-refractivity contribution in [2.24, 2.45) is 0 Å². The van der Waals surface area contributed by atoms with Crippen molar-refractivity contribution >= 4 is 0 Å². The fraction of sp³-hybridized carbons (Fsp3) is 0.417. The van der Waals surface area contributed by atoms with Crippen molar-refractivity contribution in [3.63, 3.8) is 0 Å². The molecule has 1 aliphatic rings. The van der Waals surface area contributed by atoms with Crippen molar-refractivity contribution in [2.75, 3.05) is 6.67 Å². The molecule has 0 N–H and O–H groups in total. The van der Waals surface area contributed by atoms with Gasteiger partial charge in [-0.1, -0.05) is 24.3 Å². The summed E-state index contributed by atoms with van der Waals surface area (Å²) in [4.78, 5) is 0.